The molecular formula is C12H20OSi. The Morgan fingerprint density at radius 2 is 1.86 bits per heavy atom. The number of hydrogen-bond donors (Lipinski definition) is 0. The van der Waals surface area contributed by atoms with Crippen molar-refractivity contribution in [1.29, 1.82) is 0 Å². The van der Waals surface area contributed by atoms with Gasteiger partial charge in [-0.05, 0) is 25.5 Å². The normalized spacial score (nSPS) is 12.5. The highest BCUT2D eigenvalue weighted by Crippen LogP contribution is 2.15. The fourth-order valence-electron chi connectivity index (χ4n) is 1.53. The molecule has 0 fully saturated rings. The molecule has 0 saturated carbocycles. The second-order valence-corrected chi connectivity index (χ2v) is 5.68. The fraction of sp³-hybridized carbons (Fsp3) is 0.500. The van der Waals surface area contributed by atoms with Crippen LogP contribution in [0.15, 0.2) is 30.3 Å². The van der Waals surface area contributed by atoms with Gasteiger partial charge in [-0.1, -0.05) is 43.7 Å². The first-order chi connectivity index (χ1) is 6.64. The molecule has 78 valence electrons. The van der Waals surface area contributed by atoms with Crippen LogP contribution in [0.2, 0.25) is 0 Å². The first kappa shape index (κ1) is 11.5. The zero-order valence-corrected chi connectivity index (χ0v) is 10.8. The summed E-state index contributed by atoms with van der Waals surface area (Å²) < 4.78 is 5.99. The number of hydrogen-bond acceptors (Lipinski definition) is 1. The van der Waals surface area contributed by atoms with Crippen molar-refractivity contribution in [3.63, 3.8) is 0 Å². The van der Waals surface area contributed by atoms with E-state index < -0.39 is 9.76 Å². The Morgan fingerprint density at radius 1 is 1.21 bits per heavy atom. The largest absolute Gasteiger partial charge is 0.414 e. The Balaban J connectivity index is 2.40. The van der Waals surface area contributed by atoms with E-state index in [0.717, 1.165) is 6.42 Å². The van der Waals surface area contributed by atoms with E-state index in [1.807, 2.05) is 0 Å². The van der Waals surface area contributed by atoms with Gasteiger partial charge in [0.15, 0.2) is 9.76 Å². The molecular weight excluding hydrogens is 188 g/mol. The van der Waals surface area contributed by atoms with Crippen LogP contribution >= 0.6 is 0 Å². The minimum Gasteiger partial charge on any atom is -0.414 e. The van der Waals surface area contributed by atoms with E-state index in [4.69, 9.17) is 4.43 Å². The van der Waals surface area contributed by atoms with Gasteiger partial charge in [0.05, 0.1) is 5.60 Å². The van der Waals surface area contributed by atoms with E-state index in [1.54, 1.807) is 0 Å². The van der Waals surface area contributed by atoms with Crippen LogP contribution in [0.3, 0.4) is 0 Å². The first-order valence-corrected chi connectivity index (χ1v) is 6.60. The average Bonchev–Trinajstić information content (AvgIpc) is 2.17. The van der Waals surface area contributed by atoms with Gasteiger partial charge in [0.2, 0.25) is 0 Å². The van der Waals surface area contributed by atoms with Gasteiger partial charge in [-0.15, -0.1) is 0 Å². The topological polar surface area (TPSA) is 9.23 Å². The zero-order valence-electron chi connectivity index (χ0n) is 9.42. The summed E-state index contributed by atoms with van der Waals surface area (Å²) in [6.45, 7) is 6.58. The Kier molecular flexibility index (Phi) is 4.36. The van der Waals surface area contributed by atoms with Gasteiger partial charge >= 0.3 is 0 Å². The van der Waals surface area contributed by atoms with E-state index in [0.29, 0.717) is 0 Å². The highest BCUT2D eigenvalue weighted by atomic mass is 28.2. The van der Waals surface area contributed by atoms with Gasteiger partial charge < -0.3 is 4.43 Å². The van der Waals surface area contributed by atoms with Crippen LogP contribution in [0, 0.1) is 0 Å². The molecule has 0 aliphatic carbocycles. The highest BCUT2D eigenvalue weighted by Gasteiger charge is 2.16. The van der Waals surface area contributed by atoms with Crippen molar-refractivity contribution in [3.8, 4) is 0 Å². The van der Waals surface area contributed by atoms with Gasteiger partial charge in [-0.3, -0.25) is 0 Å². The molecule has 0 radical (unpaired) electrons. The number of rotatable bonds is 5. The van der Waals surface area contributed by atoms with Gasteiger partial charge in [-0.2, -0.15) is 0 Å². The monoisotopic (exact) mass is 208 g/mol. The lowest BCUT2D eigenvalue weighted by Gasteiger charge is -2.25. The second-order valence-electron chi connectivity index (χ2n) is 4.28. The maximum atomic E-state index is 5.99. The van der Waals surface area contributed by atoms with Gasteiger partial charge in [0.25, 0.3) is 0 Å². The maximum Gasteiger partial charge on any atom is 0.192 e. The first-order valence-electron chi connectivity index (χ1n) is 5.32. The Hall–Kier alpha value is -0.603. The Labute approximate surface area is 89.4 Å². The van der Waals surface area contributed by atoms with E-state index in [9.17, 15) is 0 Å². The lowest BCUT2D eigenvalue weighted by atomic mass is 10.0. The van der Waals surface area contributed by atoms with E-state index in [2.05, 4.69) is 51.1 Å². The summed E-state index contributed by atoms with van der Waals surface area (Å²) in [7, 11) is -0.536. The number of benzene rings is 1. The minimum absolute atomic E-state index is 0.0663. The zero-order chi connectivity index (χ0) is 10.4. The molecule has 1 aromatic rings. The molecule has 1 rings (SSSR count). The molecule has 0 bridgehead atoms. The lowest BCUT2D eigenvalue weighted by molar-refractivity contribution is 0.107. The van der Waals surface area contributed by atoms with Crippen LogP contribution in [0.1, 0.15) is 33.6 Å². The molecule has 0 aliphatic rings. The third kappa shape index (κ3) is 4.07. The molecule has 0 aromatic heterocycles. The van der Waals surface area contributed by atoms with Crippen LogP contribution in [-0.2, 0) is 4.43 Å². The molecule has 2 heteroatoms. The summed E-state index contributed by atoms with van der Waals surface area (Å²) in [4.78, 5) is 0. The van der Waals surface area contributed by atoms with Crippen molar-refractivity contribution in [1.82, 2.24) is 0 Å². The SMILES string of the molecule is CCCC(C)(C)O[SiH2]c1ccccc1. The standard InChI is InChI=1S/C12H20OSi/c1-4-10-12(2,3)13-14-11-8-6-5-7-9-11/h5-9H,4,10,14H2,1-3H3. The molecule has 0 amide bonds. The van der Waals surface area contributed by atoms with Crippen molar-refractivity contribution in [2.24, 2.45) is 0 Å². The molecule has 1 nitrogen and oxygen atoms in total. The molecule has 0 N–H and O–H groups in total. The molecule has 1 aromatic carbocycles. The summed E-state index contributed by atoms with van der Waals surface area (Å²) in [6, 6.07) is 10.5. The predicted molar refractivity (Wildman–Crippen MR) is 64.7 cm³/mol. The maximum absolute atomic E-state index is 5.99. The van der Waals surface area contributed by atoms with Crippen LogP contribution in [0.25, 0.3) is 0 Å². The van der Waals surface area contributed by atoms with Crippen molar-refractivity contribution in [2.75, 3.05) is 0 Å². The fourth-order valence-corrected chi connectivity index (χ4v) is 2.69. The third-order valence-corrected chi connectivity index (χ3v) is 4.06. The van der Waals surface area contributed by atoms with Crippen LogP contribution in [0.5, 0.6) is 0 Å². The molecule has 14 heavy (non-hydrogen) atoms. The highest BCUT2D eigenvalue weighted by molar-refractivity contribution is 6.46. The second kappa shape index (κ2) is 5.32. The van der Waals surface area contributed by atoms with E-state index in [1.165, 1.54) is 11.6 Å². The molecule has 0 atom stereocenters. The van der Waals surface area contributed by atoms with Crippen LogP contribution in [-0.4, -0.2) is 15.4 Å². The summed E-state index contributed by atoms with van der Waals surface area (Å²) in [5.74, 6) is 0. The van der Waals surface area contributed by atoms with Crippen molar-refractivity contribution in [3.05, 3.63) is 30.3 Å². The smallest absolute Gasteiger partial charge is 0.192 e. The molecule has 0 spiro atoms. The molecule has 0 aliphatic heterocycles. The Morgan fingerprint density at radius 3 is 2.43 bits per heavy atom. The van der Waals surface area contributed by atoms with Crippen molar-refractivity contribution >= 4 is 14.9 Å². The van der Waals surface area contributed by atoms with Crippen molar-refractivity contribution in [2.45, 2.75) is 39.2 Å². The van der Waals surface area contributed by atoms with Crippen molar-refractivity contribution < 1.29 is 4.43 Å². The average molecular weight is 208 g/mol. The Bertz CT molecular complexity index is 256. The lowest BCUT2D eigenvalue weighted by Crippen LogP contribution is -2.31. The summed E-state index contributed by atoms with van der Waals surface area (Å²) in [6.07, 6.45) is 2.34. The van der Waals surface area contributed by atoms with Crippen LogP contribution in [0.4, 0.5) is 0 Å². The van der Waals surface area contributed by atoms with Gasteiger partial charge in [0, 0.05) is 0 Å². The third-order valence-electron chi connectivity index (χ3n) is 2.32. The summed E-state index contributed by atoms with van der Waals surface area (Å²) in [5.41, 5.74) is 0.0663. The van der Waals surface area contributed by atoms with Crippen LogP contribution < -0.4 is 5.19 Å². The predicted octanol–water partition coefficient (Wildman–Crippen LogP) is 1.99. The molecule has 0 saturated heterocycles. The quantitative estimate of drug-likeness (QED) is 0.673. The van der Waals surface area contributed by atoms with E-state index >= 15 is 0 Å². The minimum atomic E-state index is -0.536. The summed E-state index contributed by atoms with van der Waals surface area (Å²) >= 11 is 0. The van der Waals surface area contributed by atoms with Gasteiger partial charge in [0.1, 0.15) is 0 Å². The molecule has 0 unspecified atom stereocenters. The summed E-state index contributed by atoms with van der Waals surface area (Å²) in [5, 5.41) is 1.39. The van der Waals surface area contributed by atoms with Gasteiger partial charge in [-0.25, -0.2) is 0 Å². The van der Waals surface area contributed by atoms with E-state index in [-0.39, 0.29) is 5.60 Å². The molecule has 0 heterocycles.